The van der Waals surface area contributed by atoms with Gasteiger partial charge in [0, 0.05) is 13.0 Å². The summed E-state index contributed by atoms with van der Waals surface area (Å²) in [5.74, 6) is 0.817. The Bertz CT molecular complexity index is 176. The van der Waals surface area contributed by atoms with Gasteiger partial charge in [-0.05, 0) is 19.9 Å². The van der Waals surface area contributed by atoms with E-state index >= 15 is 0 Å². The zero-order valence-electron chi connectivity index (χ0n) is 7.85. The molecule has 1 aliphatic heterocycles. The predicted molar refractivity (Wildman–Crippen MR) is 45.5 cm³/mol. The molecule has 0 spiro atoms. The quantitative estimate of drug-likeness (QED) is 0.569. The van der Waals surface area contributed by atoms with Gasteiger partial charge in [-0.3, -0.25) is 9.69 Å². The number of hydrogen-bond acceptors (Lipinski definition) is 2. The van der Waals surface area contributed by atoms with Gasteiger partial charge in [0.25, 0.3) is 0 Å². The second-order valence-corrected chi connectivity index (χ2v) is 3.90. The molecule has 0 N–H and O–H groups in total. The third kappa shape index (κ3) is 1.09. The van der Waals surface area contributed by atoms with E-state index < -0.39 is 0 Å². The van der Waals surface area contributed by atoms with Crippen LogP contribution in [0.25, 0.3) is 0 Å². The molecule has 64 valence electrons. The van der Waals surface area contributed by atoms with Gasteiger partial charge in [0.15, 0.2) is 5.78 Å². The SMILES string of the molecule is CC(C)C1(C)C(=O)CCN1C. The molecule has 1 rings (SSSR count). The first-order valence-electron chi connectivity index (χ1n) is 4.24. The van der Waals surface area contributed by atoms with Crippen molar-refractivity contribution < 1.29 is 4.79 Å². The molecule has 1 atom stereocenters. The van der Waals surface area contributed by atoms with E-state index in [1.54, 1.807) is 0 Å². The molecular formula is C9H17NO. The summed E-state index contributed by atoms with van der Waals surface area (Å²) in [6, 6.07) is 0. The zero-order valence-corrected chi connectivity index (χ0v) is 7.85. The van der Waals surface area contributed by atoms with Crippen LogP contribution in [0.2, 0.25) is 0 Å². The van der Waals surface area contributed by atoms with Crippen LogP contribution in [0.15, 0.2) is 0 Å². The third-order valence-corrected chi connectivity index (χ3v) is 3.16. The first-order valence-corrected chi connectivity index (χ1v) is 4.24. The molecule has 0 aliphatic carbocycles. The summed E-state index contributed by atoms with van der Waals surface area (Å²) in [7, 11) is 2.03. The summed E-state index contributed by atoms with van der Waals surface area (Å²) < 4.78 is 0. The van der Waals surface area contributed by atoms with Crippen molar-refractivity contribution in [3.8, 4) is 0 Å². The van der Waals surface area contributed by atoms with E-state index in [1.165, 1.54) is 0 Å². The molecule has 0 aromatic rings. The average Bonchev–Trinajstić information content (AvgIpc) is 2.18. The number of likely N-dealkylation sites (tertiary alicyclic amines) is 1. The Hall–Kier alpha value is -0.370. The Balaban J connectivity index is 2.89. The summed E-state index contributed by atoms with van der Waals surface area (Å²) in [5.41, 5.74) is -0.194. The van der Waals surface area contributed by atoms with E-state index in [-0.39, 0.29) is 5.54 Å². The number of Topliss-reactive ketones (excluding diaryl/α,β-unsaturated/α-hetero) is 1. The van der Waals surface area contributed by atoms with Crippen LogP contribution in [0.5, 0.6) is 0 Å². The van der Waals surface area contributed by atoms with Gasteiger partial charge in [-0.25, -0.2) is 0 Å². The van der Waals surface area contributed by atoms with E-state index in [9.17, 15) is 4.79 Å². The van der Waals surface area contributed by atoms with Crippen molar-refractivity contribution in [3.05, 3.63) is 0 Å². The molecule has 0 radical (unpaired) electrons. The molecule has 0 saturated carbocycles. The lowest BCUT2D eigenvalue weighted by molar-refractivity contribution is -0.125. The molecule has 0 bridgehead atoms. The van der Waals surface area contributed by atoms with Gasteiger partial charge >= 0.3 is 0 Å². The van der Waals surface area contributed by atoms with Crippen LogP contribution >= 0.6 is 0 Å². The summed E-state index contributed by atoms with van der Waals surface area (Å²) >= 11 is 0. The van der Waals surface area contributed by atoms with Crippen molar-refractivity contribution in [2.45, 2.75) is 32.7 Å². The van der Waals surface area contributed by atoms with Gasteiger partial charge in [0.1, 0.15) is 0 Å². The molecule has 2 heteroatoms. The molecule has 2 nitrogen and oxygen atoms in total. The van der Waals surface area contributed by atoms with Crippen molar-refractivity contribution in [2.75, 3.05) is 13.6 Å². The fourth-order valence-electron chi connectivity index (χ4n) is 1.73. The Morgan fingerprint density at radius 2 is 2.09 bits per heavy atom. The van der Waals surface area contributed by atoms with Crippen molar-refractivity contribution in [3.63, 3.8) is 0 Å². The molecule has 0 aromatic carbocycles. The molecule has 1 heterocycles. The van der Waals surface area contributed by atoms with Gasteiger partial charge in [-0.2, -0.15) is 0 Å². The first kappa shape index (κ1) is 8.72. The van der Waals surface area contributed by atoms with Crippen molar-refractivity contribution in [2.24, 2.45) is 5.92 Å². The monoisotopic (exact) mass is 155 g/mol. The molecular weight excluding hydrogens is 138 g/mol. The van der Waals surface area contributed by atoms with Gasteiger partial charge in [0.2, 0.25) is 0 Å². The van der Waals surface area contributed by atoms with Gasteiger partial charge in [-0.1, -0.05) is 13.8 Å². The van der Waals surface area contributed by atoms with Crippen LogP contribution in [-0.4, -0.2) is 29.8 Å². The predicted octanol–water partition coefficient (Wildman–Crippen LogP) is 1.31. The summed E-state index contributed by atoms with van der Waals surface area (Å²) in [4.78, 5) is 13.7. The topological polar surface area (TPSA) is 20.3 Å². The van der Waals surface area contributed by atoms with Crippen molar-refractivity contribution in [1.29, 1.82) is 0 Å². The van der Waals surface area contributed by atoms with E-state index in [0.717, 1.165) is 13.0 Å². The lowest BCUT2D eigenvalue weighted by Crippen LogP contribution is -2.47. The van der Waals surface area contributed by atoms with E-state index in [4.69, 9.17) is 0 Å². The average molecular weight is 155 g/mol. The number of rotatable bonds is 1. The standard InChI is InChI=1S/C9H17NO/c1-7(2)9(3)8(11)5-6-10(9)4/h7H,5-6H2,1-4H3. The molecule has 1 saturated heterocycles. The smallest absolute Gasteiger partial charge is 0.154 e. The fraction of sp³-hybridized carbons (Fsp3) is 0.889. The number of hydrogen-bond donors (Lipinski definition) is 0. The van der Waals surface area contributed by atoms with Crippen LogP contribution < -0.4 is 0 Å². The highest BCUT2D eigenvalue weighted by Gasteiger charge is 2.44. The van der Waals surface area contributed by atoms with Gasteiger partial charge in [0.05, 0.1) is 5.54 Å². The molecule has 1 unspecified atom stereocenters. The minimum Gasteiger partial charge on any atom is -0.298 e. The molecule has 1 fully saturated rings. The maximum Gasteiger partial charge on any atom is 0.154 e. The molecule has 0 amide bonds. The highest BCUT2D eigenvalue weighted by Crippen LogP contribution is 2.30. The largest absolute Gasteiger partial charge is 0.298 e. The van der Waals surface area contributed by atoms with E-state index in [0.29, 0.717) is 11.7 Å². The van der Waals surface area contributed by atoms with Gasteiger partial charge < -0.3 is 0 Å². The Morgan fingerprint density at radius 1 is 1.55 bits per heavy atom. The minimum atomic E-state index is -0.194. The van der Waals surface area contributed by atoms with Gasteiger partial charge in [-0.15, -0.1) is 0 Å². The number of ketones is 1. The summed E-state index contributed by atoms with van der Waals surface area (Å²) in [6.07, 6.45) is 0.727. The van der Waals surface area contributed by atoms with Crippen molar-refractivity contribution >= 4 is 5.78 Å². The maximum absolute atomic E-state index is 11.5. The Morgan fingerprint density at radius 3 is 2.27 bits per heavy atom. The van der Waals surface area contributed by atoms with Crippen molar-refractivity contribution in [1.82, 2.24) is 4.90 Å². The lowest BCUT2D eigenvalue weighted by Gasteiger charge is -2.34. The zero-order chi connectivity index (χ0) is 8.65. The molecule has 11 heavy (non-hydrogen) atoms. The highest BCUT2D eigenvalue weighted by molar-refractivity contribution is 5.90. The number of carbonyl (C=O) groups excluding carboxylic acids is 1. The normalized spacial score (nSPS) is 33.7. The summed E-state index contributed by atoms with van der Waals surface area (Å²) in [6.45, 7) is 7.19. The maximum atomic E-state index is 11.5. The Kier molecular flexibility index (Phi) is 2.06. The fourth-order valence-corrected chi connectivity index (χ4v) is 1.73. The first-order chi connectivity index (χ1) is 4.99. The number of carbonyl (C=O) groups is 1. The van der Waals surface area contributed by atoms with Crippen LogP contribution in [0, 0.1) is 5.92 Å². The third-order valence-electron chi connectivity index (χ3n) is 3.16. The summed E-state index contributed by atoms with van der Waals surface area (Å²) in [5, 5.41) is 0. The van der Waals surface area contributed by atoms with Crippen LogP contribution in [0.3, 0.4) is 0 Å². The van der Waals surface area contributed by atoms with Crippen LogP contribution in [0.4, 0.5) is 0 Å². The number of nitrogens with zero attached hydrogens (tertiary/aromatic N) is 1. The van der Waals surface area contributed by atoms with E-state index in [1.807, 2.05) is 14.0 Å². The number of likely N-dealkylation sites (N-methyl/N-ethyl adjacent to an activating group) is 1. The molecule has 0 aromatic heterocycles. The highest BCUT2D eigenvalue weighted by atomic mass is 16.1. The molecule has 1 aliphatic rings. The second-order valence-electron chi connectivity index (χ2n) is 3.90. The van der Waals surface area contributed by atoms with Crippen LogP contribution in [-0.2, 0) is 4.79 Å². The lowest BCUT2D eigenvalue weighted by atomic mass is 9.85. The van der Waals surface area contributed by atoms with E-state index in [2.05, 4.69) is 18.7 Å². The second kappa shape index (κ2) is 2.59. The Labute approximate surface area is 68.6 Å². The van der Waals surface area contributed by atoms with Crippen LogP contribution in [0.1, 0.15) is 27.2 Å². The minimum absolute atomic E-state index is 0.194.